The molecule has 4 rings (SSSR count). The third-order valence-electron chi connectivity index (χ3n) is 4.22. The van der Waals surface area contributed by atoms with E-state index in [1.165, 1.54) is 0 Å². The Hall–Kier alpha value is -3.74. The van der Waals surface area contributed by atoms with Gasteiger partial charge in [-0.3, -0.25) is 9.89 Å². The number of carbonyl (C=O) groups excluding carboxylic acids is 1. The van der Waals surface area contributed by atoms with Crippen molar-refractivity contribution in [2.45, 2.75) is 6.42 Å². The van der Waals surface area contributed by atoms with Crippen LogP contribution in [0, 0.1) is 11.6 Å². The largest absolute Gasteiger partial charge is 0.457 e. The molecule has 0 radical (unpaired) electrons. The summed E-state index contributed by atoms with van der Waals surface area (Å²) >= 11 is 0. The van der Waals surface area contributed by atoms with Crippen molar-refractivity contribution in [3.8, 4) is 11.5 Å². The first kappa shape index (κ1) is 17.7. The van der Waals surface area contributed by atoms with Crippen LogP contribution in [0.5, 0.6) is 11.5 Å². The summed E-state index contributed by atoms with van der Waals surface area (Å²) in [5.41, 5.74) is 8.01. The van der Waals surface area contributed by atoms with E-state index >= 15 is 0 Å². The number of nitrogens with one attached hydrogen (secondary N) is 1. The van der Waals surface area contributed by atoms with Gasteiger partial charge in [0.2, 0.25) is 0 Å². The molecule has 3 aromatic carbocycles. The molecule has 1 heterocycles. The summed E-state index contributed by atoms with van der Waals surface area (Å²) in [6.07, 6.45) is 0.0952. The first-order valence-electron chi connectivity index (χ1n) is 8.47. The van der Waals surface area contributed by atoms with Crippen LogP contribution in [-0.4, -0.2) is 16.0 Å². The summed E-state index contributed by atoms with van der Waals surface area (Å²) in [5, 5.41) is 7.73. The second-order valence-corrected chi connectivity index (χ2v) is 6.31. The molecule has 0 spiro atoms. The van der Waals surface area contributed by atoms with Gasteiger partial charge < -0.3 is 10.5 Å². The van der Waals surface area contributed by atoms with Crippen LogP contribution in [0.15, 0.2) is 60.7 Å². The highest BCUT2D eigenvalue weighted by Gasteiger charge is 2.13. The number of anilines is 1. The number of H-pyrrole nitrogens is 1. The Labute approximate surface area is 158 Å². The van der Waals surface area contributed by atoms with Gasteiger partial charge in [-0.1, -0.05) is 12.1 Å². The molecule has 0 unspecified atom stereocenters. The highest BCUT2D eigenvalue weighted by molar-refractivity contribution is 6.00. The summed E-state index contributed by atoms with van der Waals surface area (Å²) in [6.45, 7) is 0. The van der Waals surface area contributed by atoms with E-state index in [9.17, 15) is 13.6 Å². The molecule has 140 valence electrons. The lowest BCUT2D eigenvalue weighted by Crippen LogP contribution is -2.04. The summed E-state index contributed by atoms with van der Waals surface area (Å²) in [7, 11) is 0. The molecule has 0 aliphatic rings. The predicted molar refractivity (Wildman–Crippen MR) is 101 cm³/mol. The molecule has 7 heteroatoms. The molecule has 3 N–H and O–H groups in total. The molecule has 1 aromatic heterocycles. The van der Waals surface area contributed by atoms with Crippen LogP contribution in [0.4, 0.5) is 14.5 Å². The Bertz CT molecular complexity index is 1170. The zero-order valence-corrected chi connectivity index (χ0v) is 14.6. The van der Waals surface area contributed by atoms with Crippen LogP contribution < -0.4 is 10.5 Å². The second-order valence-electron chi connectivity index (χ2n) is 6.31. The van der Waals surface area contributed by atoms with E-state index < -0.39 is 11.6 Å². The van der Waals surface area contributed by atoms with E-state index in [-0.39, 0.29) is 18.0 Å². The molecule has 0 fully saturated rings. The highest BCUT2D eigenvalue weighted by Crippen LogP contribution is 2.28. The van der Waals surface area contributed by atoms with E-state index in [4.69, 9.17) is 10.5 Å². The lowest BCUT2D eigenvalue weighted by molar-refractivity contribution is 0.0992. The number of nitrogens with two attached hydrogens (primary N) is 1. The third-order valence-corrected chi connectivity index (χ3v) is 4.22. The van der Waals surface area contributed by atoms with E-state index in [2.05, 4.69) is 10.2 Å². The number of aromatic amines is 1. The Morgan fingerprint density at radius 3 is 2.54 bits per heavy atom. The number of aromatic nitrogens is 2. The van der Waals surface area contributed by atoms with Gasteiger partial charge >= 0.3 is 0 Å². The number of nitrogens with zero attached hydrogens (tertiary/aromatic N) is 1. The van der Waals surface area contributed by atoms with Crippen molar-refractivity contribution in [1.82, 2.24) is 10.2 Å². The molecule has 0 amide bonds. The van der Waals surface area contributed by atoms with Crippen molar-refractivity contribution in [3.63, 3.8) is 0 Å². The van der Waals surface area contributed by atoms with Crippen LogP contribution in [0.3, 0.4) is 0 Å². The number of nitrogen functional groups attached to an aromatic ring is 1. The minimum atomic E-state index is -0.729. The van der Waals surface area contributed by atoms with Gasteiger partial charge in [0.1, 0.15) is 23.1 Å². The van der Waals surface area contributed by atoms with Gasteiger partial charge in [0.25, 0.3) is 0 Å². The number of benzene rings is 3. The molecule has 28 heavy (non-hydrogen) atoms. The number of hydrogen-bond donors (Lipinski definition) is 2. The number of halogens is 2. The molecule has 0 saturated heterocycles. The third kappa shape index (κ3) is 3.68. The van der Waals surface area contributed by atoms with Gasteiger partial charge in [-0.15, -0.1) is 0 Å². The first-order valence-corrected chi connectivity index (χ1v) is 8.47. The number of ether oxygens (including phenoxy) is 1. The van der Waals surface area contributed by atoms with Gasteiger partial charge in [-0.25, -0.2) is 8.78 Å². The summed E-state index contributed by atoms with van der Waals surface area (Å²) in [5.74, 6) is -1.16. The Kier molecular flexibility index (Phi) is 4.49. The van der Waals surface area contributed by atoms with Crippen molar-refractivity contribution >= 4 is 22.4 Å². The predicted octanol–water partition coefficient (Wildman–Crippen LogP) is 4.64. The van der Waals surface area contributed by atoms with Gasteiger partial charge in [0.15, 0.2) is 5.78 Å². The fraction of sp³-hybridized carbons (Fsp3) is 0.0476. The lowest BCUT2D eigenvalue weighted by atomic mass is 10.0. The van der Waals surface area contributed by atoms with Gasteiger partial charge in [0.05, 0.1) is 17.6 Å². The van der Waals surface area contributed by atoms with Crippen LogP contribution in [-0.2, 0) is 6.42 Å². The average Bonchev–Trinajstić information content (AvgIpc) is 3.03. The number of fused-ring (bicyclic) bond motifs is 1. The maximum absolute atomic E-state index is 13.3. The Balaban J connectivity index is 1.61. The Morgan fingerprint density at radius 2 is 1.79 bits per heavy atom. The SMILES string of the molecule is Nc1cccc(C(=O)Cc2[nH]nc3ccc(Oc4cc(F)cc(F)c4)cc23)c1. The molecule has 0 atom stereocenters. The molecular weight excluding hydrogens is 364 g/mol. The quantitative estimate of drug-likeness (QED) is 0.391. The van der Waals surface area contributed by atoms with Crippen molar-refractivity contribution in [3.05, 3.63) is 83.6 Å². The number of carbonyl (C=O) groups is 1. The van der Waals surface area contributed by atoms with Crippen molar-refractivity contribution in [2.75, 3.05) is 5.73 Å². The molecule has 0 aliphatic heterocycles. The molecule has 5 nitrogen and oxygen atoms in total. The molecule has 0 aliphatic carbocycles. The second kappa shape index (κ2) is 7.11. The van der Waals surface area contributed by atoms with Crippen molar-refractivity contribution < 1.29 is 18.3 Å². The van der Waals surface area contributed by atoms with Gasteiger partial charge in [0, 0.05) is 34.8 Å². The normalized spacial score (nSPS) is 10.9. The molecule has 0 bridgehead atoms. The fourth-order valence-corrected chi connectivity index (χ4v) is 2.94. The van der Waals surface area contributed by atoms with Gasteiger partial charge in [-0.05, 0) is 30.3 Å². The van der Waals surface area contributed by atoms with E-state index in [1.807, 2.05) is 0 Å². The number of ketones is 1. The molecule has 4 aromatic rings. The van der Waals surface area contributed by atoms with Crippen LogP contribution in [0.1, 0.15) is 16.1 Å². The van der Waals surface area contributed by atoms with Crippen molar-refractivity contribution in [1.29, 1.82) is 0 Å². The number of Topliss-reactive ketones (excluding diaryl/α,β-unsaturated/α-hetero) is 1. The minimum Gasteiger partial charge on any atom is -0.457 e. The summed E-state index contributed by atoms with van der Waals surface area (Å²) in [6, 6.07) is 14.7. The van der Waals surface area contributed by atoms with Crippen LogP contribution in [0.25, 0.3) is 10.9 Å². The Morgan fingerprint density at radius 1 is 1.00 bits per heavy atom. The summed E-state index contributed by atoms with van der Waals surface area (Å²) in [4.78, 5) is 12.5. The fourth-order valence-electron chi connectivity index (χ4n) is 2.94. The zero-order valence-electron chi connectivity index (χ0n) is 14.6. The zero-order chi connectivity index (χ0) is 19.7. The van der Waals surface area contributed by atoms with Crippen LogP contribution >= 0.6 is 0 Å². The summed E-state index contributed by atoms with van der Waals surface area (Å²) < 4.78 is 32.3. The number of rotatable bonds is 5. The minimum absolute atomic E-state index is 0.0396. The topological polar surface area (TPSA) is 81.0 Å². The lowest BCUT2D eigenvalue weighted by Gasteiger charge is -2.07. The highest BCUT2D eigenvalue weighted by atomic mass is 19.1. The van der Waals surface area contributed by atoms with E-state index in [0.717, 1.165) is 18.2 Å². The average molecular weight is 379 g/mol. The molecular formula is C21H15F2N3O2. The van der Waals surface area contributed by atoms with Crippen molar-refractivity contribution in [2.24, 2.45) is 0 Å². The maximum atomic E-state index is 13.3. The maximum Gasteiger partial charge on any atom is 0.168 e. The number of hydrogen-bond acceptors (Lipinski definition) is 4. The van der Waals surface area contributed by atoms with E-state index in [0.29, 0.717) is 33.6 Å². The standard InChI is InChI=1S/C21H15F2N3O2/c22-13-7-14(23)9-17(8-13)28-16-4-5-19-18(10-16)20(26-25-19)11-21(27)12-2-1-3-15(24)6-12/h1-10H,11,24H2,(H,25,26). The van der Waals surface area contributed by atoms with Crippen LogP contribution in [0.2, 0.25) is 0 Å². The van der Waals surface area contributed by atoms with Gasteiger partial charge in [-0.2, -0.15) is 5.10 Å². The molecule has 0 saturated carbocycles. The smallest absolute Gasteiger partial charge is 0.168 e. The monoisotopic (exact) mass is 379 g/mol. The first-order chi connectivity index (χ1) is 13.5. The van der Waals surface area contributed by atoms with E-state index in [1.54, 1.807) is 42.5 Å².